The van der Waals surface area contributed by atoms with Gasteiger partial charge >= 0.3 is 0 Å². The van der Waals surface area contributed by atoms with Crippen molar-refractivity contribution >= 4 is 16.7 Å². The van der Waals surface area contributed by atoms with Gasteiger partial charge in [-0.25, -0.2) is 4.39 Å². The summed E-state index contributed by atoms with van der Waals surface area (Å²) in [5, 5.41) is 0.909. The van der Waals surface area contributed by atoms with Gasteiger partial charge in [0.1, 0.15) is 11.6 Å². The highest BCUT2D eigenvalue weighted by Gasteiger charge is 2.19. The topological polar surface area (TPSA) is 41.5 Å². The van der Waals surface area contributed by atoms with Crippen molar-refractivity contribution < 1.29 is 9.13 Å². The van der Waals surface area contributed by atoms with Gasteiger partial charge in [-0.3, -0.25) is 4.90 Å². The molecule has 3 aromatic rings. The van der Waals surface area contributed by atoms with Crippen LogP contribution in [0.4, 0.5) is 9.52 Å². The van der Waals surface area contributed by atoms with E-state index in [1.54, 1.807) is 19.2 Å². The van der Waals surface area contributed by atoms with Gasteiger partial charge in [0.05, 0.1) is 13.7 Å². The molecule has 0 unspecified atom stereocenters. The average molecular weight is 409 g/mol. The van der Waals surface area contributed by atoms with E-state index in [2.05, 4.69) is 31.0 Å². The molecule has 0 radical (unpaired) electrons. The summed E-state index contributed by atoms with van der Waals surface area (Å²) in [4.78, 5) is 9.22. The Morgan fingerprint density at radius 1 is 1.10 bits per heavy atom. The minimum atomic E-state index is -0.255. The van der Waals surface area contributed by atoms with Gasteiger partial charge in [-0.05, 0) is 42.5 Å². The van der Waals surface area contributed by atoms with Gasteiger partial charge in [0, 0.05) is 48.8 Å². The van der Waals surface area contributed by atoms with E-state index in [1.165, 1.54) is 23.7 Å². The summed E-state index contributed by atoms with van der Waals surface area (Å²) in [5.74, 6) is 7.67. The molecule has 148 valence electrons. The van der Waals surface area contributed by atoms with Gasteiger partial charge in [-0.2, -0.15) is 9.36 Å². The molecule has 5 nitrogen and oxygen atoms in total. The highest BCUT2D eigenvalue weighted by molar-refractivity contribution is 7.09. The fourth-order valence-corrected chi connectivity index (χ4v) is 3.85. The first-order valence-electron chi connectivity index (χ1n) is 9.41. The van der Waals surface area contributed by atoms with Gasteiger partial charge in [0.15, 0.2) is 5.82 Å². The number of hydrogen-bond acceptors (Lipinski definition) is 6. The maximum atomic E-state index is 13.1. The van der Waals surface area contributed by atoms with Crippen LogP contribution >= 0.6 is 11.5 Å². The van der Waals surface area contributed by atoms with E-state index in [-0.39, 0.29) is 5.82 Å². The molecule has 2 aromatic carbocycles. The lowest BCUT2D eigenvalue weighted by atomic mass is 10.2. The van der Waals surface area contributed by atoms with Crippen molar-refractivity contribution in [3.05, 3.63) is 59.9 Å². The van der Waals surface area contributed by atoms with E-state index in [9.17, 15) is 4.39 Å². The van der Waals surface area contributed by atoms with Crippen LogP contribution in [0.25, 0.3) is 11.4 Å². The van der Waals surface area contributed by atoms with Crippen molar-refractivity contribution in [1.29, 1.82) is 0 Å². The monoisotopic (exact) mass is 408 g/mol. The van der Waals surface area contributed by atoms with Gasteiger partial charge in [-0.1, -0.05) is 17.9 Å². The van der Waals surface area contributed by atoms with Crippen molar-refractivity contribution in [2.75, 3.05) is 44.7 Å². The number of nitrogens with zero attached hydrogens (tertiary/aromatic N) is 4. The van der Waals surface area contributed by atoms with E-state index in [0.717, 1.165) is 54.7 Å². The third-order valence-corrected chi connectivity index (χ3v) is 5.54. The number of piperazine rings is 1. The lowest BCUT2D eigenvalue weighted by molar-refractivity contribution is 0.288. The molecule has 1 aromatic heterocycles. The Morgan fingerprint density at radius 3 is 2.66 bits per heavy atom. The molecule has 1 fully saturated rings. The predicted octanol–water partition coefficient (Wildman–Crippen LogP) is 3.53. The summed E-state index contributed by atoms with van der Waals surface area (Å²) in [6.45, 7) is 4.37. The SMILES string of the molecule is COc1cccc(C#CCN2CCN(c3nc(-c4ccc(F)cc4)ns3)CC2)c1. The Hall–Kier alpha value is -2.95. The van der Waals surface area contributed by atoms with E-state index < -0.39 is 0 Å². The molecule has 0 amide bonds. The Bertz CT molecular complexity index is 1020. The van der Waals surface area contributed by atoms with Crippen molar-refractivity contribution in [2.45, 2.75) is 0 Å². The van der Waals surface area contributed by atoms with Crippen LogP contribution in [0.3, 0.4) is 0 Å². The maximum Gasteiger partial charge on any atom is 0.205 e. The number of aromatic nitrogens is 2. The average Bonchev–Trinajstić information content (AvgIpc) is 3.25. The Labute approximate surface area is 173 Å². The Kier molecular flexibility index (Phi) is 6.03. The highest BCUT2D eigenvalue weighted by atomic mass is 32.1. The lowest BCUT2D eigenvalue weighted by Crippen LogP contribution is -2.46. The predicted molar refractivity (Wildman–Crippen MR) is 114 cm³/mol. The number of rotatable bonds is 4. The normalized spacial score (nSPS) is 14.3. The summed E-state index contributed by atoms with van der Waals surface area (Å²) < 4.78 is 22.7. The second-order valence-electron chi connectivity index (χ2n) is 6.70. The van der Waals surface area contributed by atoms with Gasteiger partial charge in [-0.15, -0.1) is 0 Å². The number of ether oxygens (including phenoxy) is 1. The molecule has 7 heteroatoms. The second kappa shape index (κ2) is 9.03. The quantitative estimate of drug-likeness (QED) is 0.618. The Morgan fingerprint density at radius 2 is 1.90 bits per heavy atom. The molecule has 0 N–H and O–H groups in total. The smallest absolute Gasteiger partial charge is 0.205 e. The van der Waals surface area contributed by atoms with E-state index in [1.807, 2.05) is 24.3 Å². The zero-order valence-electron chi connectivity index (χ0n) is 16.1. The molecule has 0 atom stereocenters. The number of halogens is 1. The summed E-state index contributed by atoms with van der Waals surface area (Å²) in [5.41, 5.74) is 1.80. The summed E-state index contributed by atoms with van der Waals surface area (Å²) >= 11 is 1.39. The van der Waals surface area contributed by atoms with Crippen LogP contribution in [0.15, 0.2) is 48.5 Å². The molecule has 0 spiro atoms. The van der Waals surface area contributed by atoms with Crippen LogP contribution in [-0.4, -0.2) is 54.1 Å². The third-order valence-electron chi connectivity index (χ3n) is 4.77. The molecule has 29 heavy (non-hydrogen) atoms. The third kappa shape index (κ3) is 4.91. The van der Waals surface area contributed by atoms with Crippen LogP contribution in [-0.2, 0) is 0 Å². The van der Waals surface area contributed by atoms with Crippen LogP contribution in [0.2, 0.25) is 0 Å². The molecule has 2 heterocycles. The minimum Gasteiger partial charge on any atom is -0.497 e. The number of hydrogen-bond donors (Lipinski definition) is 0. The Balaban J connectivity index is 1.31. The lowest BCUT2D eigenvalue weighted by Gasteiger charge is -2.33. The molecule has 0 saturated carbocycles. The molecule has 0 bridgehead atoms. The first-order valence-corrected chi connectivity index (χ1v) is 10.2. The molecular weight excluding hydrogens is 387 g/mol. The van der Waals surface area contributed by atoms with E-state index in [0.29, 0.717) is 5.82 Å². The standard InChI is InChI=1S/C22H21FN4OS/c1-28-20-6-2-4-17(16-20)5-3-11-26-12-14-27(15-13-26)22-24-21(25-29-22)18-7-9-19(23)10-8-18/h2,4,6-10,16H,11-15H2,1H3. The van der Waals surface area contributed by atoms with Crippen molar-refractivity contribution in [1.82, 2.24) is 14.3 Å². The largest absolute Gasteiger partial charge is 0.497 e. The highest BCUT2D eigenvalue weighted by Crippen LogP contribution is 2.25. The molecule has 1 saturated heterocycles. The minimum absolute atomic E-state index is 0.255. The van der Waals surface area contributed by atoms with Gasteiger partial charge in [0.25, 0.3) is 0 Å². The first-order chi connectivity index (χ1) is 14.2. The van der Waals surface area contributed by atoms with Crippen molar-refractivity contribution in [2.24, 2.45) is 0 Å². The second-order valence-corrected chi connectivity index (χ2v) is 7.43. The van der Waals surface area contributed by atoms with E-state index in [4.69, 9.17) is 4.74 Å². The van der Waals surface area contributed by atoms with Crippen LogP contribution in [0.1, 0.15) is 5.56 Å². The zero-order chi connectivity index (χ0) is 20.1. The molecule has 1 aliphatic rings. The zero-order valence-corrected chi connectivity index (χ0v) is 17.0. The van der Waals surface area contributed by atoms with Crippen LogP contribution in [0.5, 0.6) is 5.75 Å². The van der Waals surface area contributed by atoms with Crippen LogP contribution < -0.4 is 9.64 Å². The molecule has 0 aliphatic carbocycles. The number of methoxy groups -OCH3 is 1. The molecule has 4 rings (SSSR count). The van der Waals surface area contributed by atoms with E-state index >= 15 is 0 Å². The fourth-order valence-electron chi connectivity index (χ4n) is 3.11. The number of anilines is 1. The summed E-state index contributed by atoms with van der Waals surface area (Å²) in [6, 6.07) is 14.1. The molecular formula is C22H21FN4OS. The summed E-state index contributed by atoms with van der Waals surface area (Å²) in [6.07, 6.45) is 0. The molecule has 1 aliphatic heterocycles. The van der Waals surface area contributed by atoms with Gasteiger partial charge < -0.3 is 9.64 Å². The summed E-state index contributed by atoms with van der Waals surface area (Å²) in [7, 11) is 1.66. The van der Waals surface area contributed by atoms with Crippen LogP contribution in [0, 0.1) is 17.7 Å². The van der Waals surface area contributed by atoms with Crippen molar-refractivity contribution in [3.8, 4) is 29.0 Å². The maximum absolute atomic E-state index is 13.1. The van der Waals surface area contributed by atoms with Gasteiger partial charge in [0.2, 0.25) is 5.13 Å². The number of benzene rings is 2. The van der Waals surface area contributed by atoms with Crippen molar-refractivity contribution in [3.63, 3.8) is 0 Å². The fraction of sp³-hybridized carbons (Fsp3) is 0.273. The first kappa shape index (κ1) is 19.4.